The van der Waals surface area contributed by atoms with Crippen LogP contribution in [-0.2, 0) is 4.79 Å². The lowest BCUT2D eigenvalue weighted by atomic mass is 9.97. The van der Waals surface area contributed by atoms with Crippen LogP contribution in [0.5, 0.6) is 0 Å². The lowest BCUT2D eigenvalue weighted by Crippen LogP contribution is -2.43. The van der Waals surface area contributed by atoms with E-state index in [0.29, 0.717) is 24.7 Å². The van der Waals surface area contributed by atoms with Crippen molar-refractivity contribution in [3.63, 3.8) is 0 Å². The van der Waals surface area contributed by atoms with Crippen molar-refractivity contribution in [3.05, 3.63) is 17.5 Å². The molecule has 7 nitrogen and oxygen atoms in total. The van der Waals surface area contributed by atoms with E-state index >= 15 is 0 Å². The molecule has 7 heteroatoms. The van der Waals surface area contributed by atoms with Gasteiger partial charge in [0.05, 0.1) is 6.04 Å². The smallest absolute Gasteiger partial charge is 0.273 e. The first kappa shape index (κ1) is 16.6. The summed E-state index contributed by atoms with van der Waals surface area (Å²) in [5.74, 6) is 1.65. The minimum absolute atomic E-state index is 0.0285. The van der Waals surface area contributed by atoms with Crippen molar-refractivity contribution < 1.29 is 14.1 Å². The predicted molar refractivity (Wildman–Crippen MR) is 91.1 cm³/mol. The highest BCUT2D eigenvalue weighted by atomic mass is 16.5. The second-order valence-electron chi connectivity index (χ2n) is 7.71. The summed E-state index contributed by atoms with van der Waals surface area (Å²) >= 11 is 0. The average Bonchev–Trinajstić information content (AvgIpc) is 3.25. The SMILES string of the molecule is C[C@H]1CN(C(=O)C2CCNCC2)C[C@@H]1NC(=O)c1cc(C2CC2)on1. The Balaban J connectivity index is 1.34. The second-order valence-corrected chi connectivity index (χ2v) is 7.71. The number of hydrogen-bond donors (Lipinski definition) is 2. The summed E-state index contributed by atoms with van der Waals surface area (Å²) in [6.45, 7) is 5.20. The molecule has 2 N–H and O–H groups in total. The van der Waals surface area contributed by atoms with E-state index in [1.807, 2.05) is 4.90 Å². The van der Waals surface area contributed by atoms with Gasteiger partial charge in [0.25, 0.3) is 5.91 Å². The minimum atomic E-state index is -0.205. The van der Waals surface area contributed by atoms with Gasteiger partial charge in [-0.15, -0.1) is 0 Å². The Bertz CT molecular complexity index is 649. The Morgan fingerprint density at radius 2 is 2.00 bits per heavy atom. The molecule has 0 radical (unpaired) electrons. The van der Waals surface area contributed by atoms with Gasteiger partial charge < -0.3 is 20.1 Å². The molecule has 2 atom stereocenters. The van der Waals surface area contributed by atoms with Gasteiger partial charge in [-0.05, 0) is 44.7 Å². The van der Waals surface area contributed by atoms with Crippen LogP contribution in [0.1, 0.15) is 54.8 Å². The van der Waals surface area contributed by atoms with E-state index in [9.17, 15) is 9.59 Å². The summed E-state index contributed by atoms with van der Waals surface area (Å²) < 4.78 is 5.26. The van der Waals surface area contributed by atoms with Gasteiger partial charge in [-0.3, -0.25) is 9.59 Å². The summed E-state index contributed by atoms with van der Waals surface area (Å²) in [6.07, 6.45) is 4.04. The highest BCUT2D eigenvalue weighted by molar-refractivity contribution is 5.92. The van der Waals surface area contributed by atoms with Crippen LogP contribution in [0.25, 0.3) is 0 Å². The molecule has 3 aliphatic rings. The first-order chi connectivity index (χ1) is 12.1. The molecule has 0 spiro atoms. The fraction of sp³-hybridized carbons (Fsp3) is 0.722. The summed E-state index contributed by atoms with van der Waals surface area (Å²) in [5.41, 5.74) is 0.345. The first-order valence-corrected chi connectivity index (χ1v) is 9.39. The van der Waals surface area contributed by atoms with Gasteiger partial charge in [-0.2, -0.15) is 0 Å². The molecule has 4 rings (SSSR count). The molecule has 1 aromatic rings. The maximum atomic E-state index is 12.7. The number of likely N-dealkylation sites (tertiary alicyclic amines) is 1. The number of carbonyl (C=O) groups is 2. The Hall–Kier alpha value is -1.89. The van der Waals surface area contributed by atoms with Crippen LogP contribution >= 0.6 is 0 Å². The molecule has 1 aliphatic carbocycles. The van der Waals surface area contributed by atoms with Crippen molar-refractivity contribution in [2.24, 2.45) is 11.8 Å². The monoisotopic (exact) mass is 346 g/mol. The van der Waals surface area contributed by atoms with Crippen molar-refractivity contribution in [1.29, 1.82) is 0 Å². The molecule has 2 amide bonds. The molecule has 0 unspecified atom stereocenters. The van der Waals surface area contributed by atoms with Crippen molar-refractivity contribution in [2.45, 2.75) is 44.6 Å². The third-order valence-corrected chi connectivity index (χ3v) is 5.67. The number of nitrogens with zero attached hydrogens (tertiary/aromatic N) is 2. The molecule has 0 aromatic carbocycles. The van der Waals surface area contributed by atoms with Crippen molar-refractivity contribution in [1.82, 2.24) is 20.7 Å². The third-order valence-electron chi connectivity index (χ3n) is 5.67. The number of rotatable bonds is 4. The molecule has 2 saturated heterocycles. The van der Waals surface area contributed by atoms with Gasteiger partial charge >= 0.3 is 0 Å². The molecule has 2 aliphatic heterocycles. The minimum Gasteiger partial charge on any atom is -0.360 e. The lowest BCUT2D eigenvalue weighted by molar-refractivity contribution is -0.135. The molecule has 1 aromatic heterocycles. The topological polar surface area (TPSA) is 87.5 Å². The van der Waals surface area contributed by atoms with Crippen molar-refractivity contribution >= 4 is 11.8 Å². The zero-order valence-corrected chi connectivity index (χ0v) is 14.7. The Kier molecular flexibility index (Phi) is 4.50. The van der Waals surface area contributed by atoms with Gasteiger partial charge in [0.15, 0.2) is 5.69 Å². The van der Waals surface area contributed by atoms with Crippen LogP contribution in [0.4, 0.5) is 0 Å². The third kappa shape index (κ3) is 3.56. The van der Waals surface area contributed by atoms with E-state index in [1.165, 1.54) is 0 Å². The van der Waals surface area contributed by atoms with Gasteiger partial charge in [0.1, 0.15) is 5.76 Å². The van der Waals surface area contributed by atoms with Crippen LogP contribution in [0.2, 0.25) is 0 Å². The highest BCUT2D eigenvalue weighted by Gasteiger charge is 2.37. The molecular formula is C18H26N4O3. The largest absolute Gasteiger partial charge is 0.360 e. The maximum absolute atomic E-state index is 12.7. The fourth-order valence-electron chi connectivity index (χ4n) is 3.86. The Morgan fingerprint density at radius 3 is 2.72 bits per heavy atom. The second kappa shape index (κ2) is 6.78. The summed E-state index contributed by atoms with van der Waals surface area (Å²) in [7, 11) is 0. The van der Waals surface area contributed by atoms with E-state index in [2.05, 4.69) is 22.7 Å². The molecule has 3 heterocycles. The van der Waals surface area contributed by atoms with Crippen LogP contribution in [0, 0.1) is 11.8 Å². The number of amides is 2. The summed E-state index contributed by atoms with van der Waals surface area (Å²) in [6, 6.07) is 1.73. The van der Waals surface area contributed by atoms with Gasteiger partial charge in [0.2, 0.25) is 5.91 Å². The van der Waals surface area contributed by atoms with Crippen LogP contribution in [0.3, 0.4) is 0 Å². The fourth-order valence-corrected chi connectivity index (χ4v) is 3.86. The molecule has 3 fully saturated rings. The number of piperidine rings is 1. The standard InChI is InChI=1S/C18H26N4O3/c1-11-9-22(18(24)13-4-6-19-7-5-13)10-15(11)20-17(23)14-8-16(25-21-14)12-2-3-12/h8,11-13,15,19H,2-7,9-10H2,1H3,(H,20,23)/t11-,15-/m0/s1. The summed E-state index contributed by atoms with van der Waals surface area (Å²) in [4.78, 5) is 27.0. The van der Waals surface area contributed by atoms with E-state index < -0.39 is 0 Å². The number of nitrogens with one attached hydrogen (secondary N) is 2. The quantitative estimate of drug-likeness (QED) is 0.853. The van der Waals surface area contributed by atoms with Gasteiger partial charge in [-0.1, -0.05) is 12.1 Å². The predicted octanol–water partition coefficient (Wildman–Crippen LogP) is 1.13. The normalized spacial score (nSPS) is 27.5. The lowest BCUT2D eigenvalue weighted by Gasteiger charge is -2.26. The average molecular weight is 346 g/mol. The van der Waals surface area contributed by atoms with Crippen molar-refractivity contribution in [3.8, 4) is 0 Å². The summed E-state index contributed by atoms with van der Waals surface area (Å²) in [5, 5.41) is 10.2. The first-order valence-electron chi connectivity index (χ1n) is 9.39. The van der Waals surface area contributed by atoms with E-state index in [4.69, 9.17) is 4.52 Å². The molecule has 0 bridgehead atoms. The number of aromatic nitrogens is 1. The Labute approximate surface area is 147 Å². The highest BCUT2D eigenvalue weighted by Crippen LogP contribution is 2.40. The van der Waals surface area contributed by atoms with Crippen molar-refractivity contribution in [2.75, 3.05) is 26.2 Å². The zero-order valence-electron chi connectivity index (χ0n) is 14.7. The number of hydrogen-bond acceptors (Lipinski definition) is 5. The maximum Gasteiger partial charge on any atom is 0.273 e. The van der Waals surface area contributed by atoms with Gasteiger partial charge in [-0.25, -0.2) is 0 Å². The van der Waals surface area contributed by atoms with E-state index in [1.54, 1.807) is 6.07 Å². The molecule has 1 saturated carbocycles. The Morgan fingerprint density at radius 1 is 1.24 bits per heavy atom. The van der Waals surface area contributed by atoms with Crippen LogP contribution < -0.4 is 10.6 Å². The molecule has 136 valence electrons. The zero-order chi connectivity index (χ0) is 17.4. The molecule has 25 heavy (non-hydrogen) atoms. The number of carbonyl (C=O) groups excluding carboxylic acids is 2. The van der Waals surface area contributed by atoms with Crippen LogP contribution in [0.15, 0.2) is 10.6 Å². The van der Waals surface area contributed by atoms with E-state index in [-0.39, 0.29) is 29.7 Å². The molecular weight excluding hydrogens is 320 g/mol. The van der Waals surface area contributed by atoms with E-state index in [0.717, 1.165) is 44.5 Å². The van der Waals surface area contributed by atoms with Gasteiger partial charge in [0, 0.05) is 31.0 Å². The van der Waals surface area contributed by atoms with Crippen LogP contribution in [-0.4, -0.2) is 54.1 Å².